The molecular weight excluding hydrogens is 300 g/mol. The first kappa shape index (κ1) is 16.9. The lowest BCUT2D eigenvalue weighted by Gasteiger charge is -2.20. The van der Waals surface area contributed by atoms with Crippen molar-refractivity contribution in [2.45, 2.75) is 20.0 Å². The van der Waals surface area contributed by atoms with Gasteiger partial charge in [-0.2, -0.15) is 17.4 Å². The van der Waals surface area contributed by atoms with E-state index in [1.807, 2.05) is 42.5 Å². The molecule has 0 saturated carbocycles. The highest BCUT2D eigenvalue weighted by molar-refractivity contribution is 7.87. The number of hydrogen-bond acceptors (Lipinski definition) is 3. The van der Waals surface area contributed by atoms with Gasteiger partial charge in [0.1, 0.15) is 0 Å². The van der Waals surface area contributed by atoms with Gasteiger partial charge in [-0.3, -0.25) is 0 Å². The van der Waals surface area contributed by atoms with Gasteiger partial charge in [-0.05, 0) is 22.4 Å². The van der Waals surface area contributed by atoms with Crippen molar-refractivity contribution < 1.29 is 13.5 Å². The molecule has 2 aromatic rings. The second kappa shape index (κ2) is 7.19. The molecule has 0 saturated heterocycles. The molecule has 5 nitrogen and oxygen atoms in total. The smallest absolute Gasteiger partial charge is 0.279 e. The first-order chi connectivity index (χ1) is 10.5. The van der Waals surface area contributed by atoms with Crippen molar-refractivity contribution in [2.75, 3.05) is 19.6 Å². The van der Waals surface area contributed by atoms with Gasteiger partial charge in [-0.1, -0.05) is 50.2 Å². The van der Waals surface area contributed by atoms with Crippen LogP contribution < -0.4 is 4.72 Å². The molecule has 2 N–H and O–H groups in total. The molecule has 0 aliphatic heterocycles. The summed E-state index contributed by atoms with van der Waals surface area (Å²) in [6, 6.07) is 13.5. The van der Waals surface area contributed by atoms with Gasteiger partial charge in [0.05, 0.1) is 6.10 Å². The Bertz CT molecular complexity index is 727. The van der Waals surface area contributed by atoms with E-state index in [0.29, 0.717) is 18.7 Å². The fraction of sp³-hybridized carbons (Fsp3) is 0.375. The molecular formula is C16H22N2O3S. The lowest BCUT2D eigenvalue weighted by Crippen LogP contribution is -2.42. The Morgan fingerprint density at radius 3 is 2.36 bits per heavy atom. The largest absolute Gasteiger partial charge is 0.387 e. The van der Waals surface area contributed by atoms with Crippen LogP contribution in [0.4, 0.5) is 0 Å². The van der Waals surface area contributed by atoms with E-state index in [1.165, 1.54) is 4.31 Å². The maximum atomic E-state index is 12.0. The number of aliphatic hydroxyl groups excluding tert-OH is 1. The summed E-state index contributed by atoms with van der Waals surface area (Å²) in [6.45, 7) is 4.32. The highest BCUT2D eigenvalue weighted by Crippen LogP contribution is 2.20. The Kier molecular flexibility index (Phi) is 5.52. The zero-order valence-corrected chi connectivity index (χ0v) is 13.7. The van der Waals surface area contributed by atoms with E-state index in [1.54, 1.807) is 13.8 Å². The third-order valence-electron chi connectivity index (χ3n) is 3.66. The van der Waals surface area contributed by atoms with Gasteiger partial charge >= 0.3 is 0 Å². The molecule has 1 atom stereocenters. The maximum Gasteiger partial charge on any atom is 0.279 e. The summed E-state index contributed by atoms with van der Waals surface area (Å²) in [5.41, 5.74) is 0.695. The van der Waals surface area contributed by atoms with Gasteiger partial charge in [-0.15, -0.1) is 0 Å². The fourth-order valence-corrected chi connectivity index (χ4v) is 3.60. The van der Waals surface area contributed by atoms with Crippen LogP contribution >= 0.6 is 0 Å². The van der Waals surface area contributed by atoms with Crippen LogP contribution in [0, 0.1) is 0 Å². The number of nitrogens with one attached hydrogen (secondary N) is 1. The van der Waals surface area contributed by atoms with Crippen LogP contribution in [0.5, 0.6) is 0 Å². The number of nitrogens with zero attached hydrogens (tertiary/aromatic N) is 1. The Morgan fingerprint density at radius 1 is 1.09 bits per heavy atom. The normalized spacial score (nSPS) is 13.6. The molecule has 22 heavy (non-hydrogen) atoms. The van der Waals surface area contributed by atoms with Gasteiger partial charge in [0.2, 0.25) is 0 Å². The van der Waals surface area contributed by atoms with Crippen LogP contribution in [-0.4, -0.2) is 37.5 Å². The SMILES string of the molecule is CCN(CC)S(=O)(=O)NCC(O)c1ccc2ccccc2c1. The van der Waals surface area contributed by atoms with Crippen molar-refractivity contribution in [3.63, 3.8) is 0 Å². The Hall–Kier alpha value is -1.47. The van der Waals surface area contributed by atoms with Crippen molar-refractivity contribution in [3.8, 4) is 0 Å². The Labute approximate surface area is 131 Å². The minimum Gasteiger partial charge on any atom is -0.387 e. The number of rotatable bonds is 7. The van der Waals surface area contributed by atoms with Crippen molar-refractivity contribution in [3.05, 3.63) is 48.0 Å². The average Bonchev–Trinajstić information content (AvgIpc) is 2.53. The quantitative estimate of drug-likeness (QED) is 0.820. The number of hydrogen-bond donors (Lipinski definition) is 2. The lowest BCUT2D eigenvalue weighted by atomic mass is 10.0. The molecule has 0 aliphatic rings. The van der Waals surface area contributed by atoms with E-state index in [9.17, 15) is 13.5 Å². The lowest BCUT2D eigenvalue weighted by molar-refractivity contribution is 0.181. The van der Waals surface area contributed by atoms with Crippen molar-refractivity contribution in [2.24, 2.45) is 0 Å². The minimum absolute atomic E-state index is 0.0445. The minimum atomic E-state index is -3.54. The fourth-order valence-electron chi connectivity index (χ4n) is 2.37. The van der Waals surface area contributed by atoms with E-state index >= 15 is 0 Å². The average molecular weight is 322 g/mol. The Balaban J connectivity index is 2.09. The zero-order valence-electron chi connectivity index (χ0n) is 12.9. The van der Waals surface area contributed by atoms with Gasteiger partial charge < -0.3 is 5.11 Å². The van der Waals surface area contributed by atoms with Crippen LogP contribution in [0.25, 0.3) is 10.8 Å². The predicted molar refractivity (Wildman–Crippen MR) is 88.8 cm³/mol. The monoisotopic (exact) mass is 322 g/mol. The first-order valence-corrected chi connectivity index (χ1v) is 8.83. The summed E-state index contributed by atoms with van der Waals surface area (Å²) in [7, 11) is -3.54. The van der Waals surface area contributed by atoms with E-state index in [2.05, 4.69) is 4.72 Å². The van der Waals surface area contributed by atoms with Crippen LogP contribution in [0.2, 0.25) is 0 Å². The molecule has 2 aromatic carbocycles. The zero-order chi connectivity index (χ0) is 16.2. The van der Waals surface area contributed by atoms with Crippen LogP contribution in [0.15, 0.2) is 42.5 Å². The number of fused-ring (bicyclic) bond motifs is 1. The van der Waals surface area contributed by atoms with Crippen LogP contribution in [0.1, 0.15) is 25.5 Å². The van der Waals surface area contributed by atoms with E-state index < -0.39 is 16.3 Å². The highest BCUT2D eigenvalue weighted by Gasteiger charge is 2.19. The van der Waals surface area contributed by atoms with Crippen LogP contribution in [0.3, 0.4) is 0 Å². The standard InChI is InChI=1S/C16H22N2O3S/c1-3-18(4-2)22(20,21)17-12-16(19)15-10-9-13-7-5-6-8-14(13)11-15/h5-11,16-17,19H,3-4,12H2,1-2H3. The molecule has 120 valence electrons. The van der Waals surface area contributed by atoms with Gasteiger partial charge in [0.15, 0.2) is 0 Å². The van der Waals surface area contributed by atoms with E-state index in [4.69, 9.17) is 0 Å². The second-order valence-electron chi connectivity index (χ2n) is 5.06. The third-order valence-corrected chi connectivity index (χ3v) is 5.39. The maximum absolute atomic E-state index is 12.0. The number of benzene rings is 2. The molecule has 0 aromatic heterocycles. The van der Waals surface area contributed by atoms with Gasteiger partial charge in [0.25, 0.3) is 10.2 Å². The molecule has 0 bridgehead atoms. The molecule has 0 fully saturated rings. The third kappa shape index (κ3) is 3.84. The van der Waals surface area contributed by atoms with Gasteiger partial charge in [0, 0.05) is 19.6 Å². The second-order valence-corrected chi connectivity index (χ2v) is 6.82. The molecule has 0 aliphatic carbocycles. The number of aliphatic hydroxyl groups is 1. The summed E-state index contributed by atoms with van der Waals surface area (Å²) in [4.78, 5) is 0. The van der Waals surface area contributed by atoms with E-state index in [-0.39, 0.29) is 6.54 Å². The summed E-state index contributed by atoms with van der Waals surface area (Å²) in [6.07, 6.45) is -0.880. The van der Waals surface area contributed by atoms with E-state index in [0.717, 1.165) is 10.8 Å². The van der Waals surface area contributed by atoms with Gasteiger partial charge in [-0.25, -0.2) is 0 Å². The van der Waals surface area contributed by atoms with Crippen molar-refractivity contribution in [1.82, 2.24) is 9.03 Å². The summed E-state index contributed by atoms with van der Waals surface area (Å²) in [5, 5.41) is 12.3. The van der Waals surface area contributed by atoms with Crippen molar-refractivity contribution >= 4 is 21.0 Å². The molecule has 1 unspecified atom stereocenters. The summed E-state index contributed by atoms with van der Waals surface area (Å²) in [5.74, 6) is 0. The topological polar surface area (TPSA) is 69.6 Å². The first-order valence-electron chi connectivity index (χ1n) is 7.39. The molecule has 0 heterocycles. The molecule has 6 heteroatoms. The summed E-state index contributed by atoms with van der Waals surface area (Å²) < 4.78 is 27.9. The molecule has 0 spiro atoms. The highest BCUT2D eigenvalue weighted by atomic mass is 32.2. The summed E-state index contributed by atoms with van der Waals surface area (Å²) >= 11 is 0. The molecule has 0 radical (unpaired) electrons. The van der Waals surface area contributed by atoms with Crippen molar-refractivity contribution in [1.29, 1.82) is 0 Å². The Morgan fingerprint density at radius 2 is 1.73 bits per heavy atom. The molecule has 0 amide bonds. The molecule has 2 rings (SSSR count). The van der Waals surface area contributed by atoms with Crippen LogP contribution in [-0.2, 0) is 10.2 Å². The predicted octanol–water partition coefficient (Wildman–Crippen LogP) is 2.05.